The van der Waals surface area contributed by atoms with Crippen molar-refractivity contribution in [3.8, 4) is 0 Å². The van der Waals surface area contributed by atoms with Crippen LogP contribution >= 0.6 is 0 Å². The number of ether oxygens (including phenoxy) is 1. The van der Waals surface area contributed by atoms with Gasteiger partial charge in [0.1, 0.15) is 0 Å². The van der Waals surface area contributed by atoms with E-state index in [4.69, 9.17) is 4.74 Å². The van der Waals surface area contributed by atoms with Crippen LogP contribution in [0, 0.1) is 0 Å². The number of carbonyl (C=O) groups excluding carboxylic acids is 1. The van der Waals surface area contributed by atoms with E-state index < -0.39 is 0 Å². The molecular formula is C18H23N3O2. The molecule has 4 rings (SSSR count). The minimum atomic E-state index is 0.0416. The van der Waals surface area contributed by atoms with Gasteiger partial charge < -0.3 is 14.2 Å². The number of hydrogen-bond donors (Lipinski definition) is 0. The Kier molecular flexibility index (Phi) is 3.60. The molecule has 2 aromatic rings. The van der Waals surface area contributed by atoms with Gasteiger partial charge in [-0.25, -0.2) is 4.98 Å². The number of hydrogen-bond acceptors (Lipinski definition) is 3. The molecule has 0 bridgehead atoms. The molecule has 2 fully saturated rings. The molecule has 23 heavy (non-hydrogen) atoms. The van der Waals surface area contributed by atoms with Gasteiger partial charge in [0.05, 0.1) is 23.0 Å². The Balaban J connectivity index is 1.53. The van der Waals surface area contributed by atoms with Gasteiger partial charge in [-0.1, -0.05) is 0 Å². The number of rotatable bonds is 1. The Labute approximate surface area is 136 Å². The van der Waals surface area contributed by atoms with Crippen LogP contribution in [-0.4, -0.2) is 45.7 Å². The first kappa shape index (κ1) is 14.7. The second-order valence-electron chi connectivity index (χ2n) is 6.84. The SMILES string of the molecule is Cn1cnc2cc(C(=O)N3CCC[C@]4(CCCO4)CC3)ccc21. The summed E-state index contributed by atoms with van der Waals surface area (Å²) in [4.78, 5) is 19.2. The predicted molar refractivity (Wildman–Crippen MR) is 88.4 cm³/mol. The Bertz CT molecular complexity index is 731. The second-order valence-corrected chi connectivity index (χ2v) is 6.84. The zero-order valence-electron chi connectivity index (χ0n) is 13.6. The molecule has 0 unspecified atom stereocenters. The van der Waals surface area contributed by atoms with Gasteiger partial charge in [0.25, 0.3) is 5.91 Å². The van der Waals surface area contributed by atoms with E-state index in [1.165, 1.54) is 0 Å². The molecule has 2 aliphatic rings. The fourth-order valence-electron chi connectivity index (χ4n) is 3.97. The molecule has 1 aromatic heterocycles. The number of fused-ring (bicyclic) bond motifs is 1. The Morgan fingerprint density at radius 2 is 2.09 bits per heavy atom. The van der Waals surface area contributed by atoms with Gasteiger partial charge in [0, 0.05) is 32.3 Å². The maximum atomic E-state index is 12.9. The molecule has 3 heterocycles. The van der Waals surface area contributed by atoms with Gasteiger partial charge in [-0.05, 0) is 50.3 Å². The Morgan fingerprint density at radius 3 is 2.91 bits per heavy atom. The van der Waals surface area contributed by atoms with Gasteiger partial charge in [0.15, 0.2) is 0 Å². The molecular weight excluding hydrogens is 290 g/mol. The van der Waals surface area contributed by atoms with Gasteiger partial charge >= 0.3 is 0 Å². The van der Waals surface area contributed by atoms with Gasteiger partial charge in [-0.15, -0.1) is 0 Å². The molecule has 2 saturated heterocycles. The molecule has 1 spiro atoms. The van der Waals surface area contributed by atoms with Gasteiger partial charge in [-0.3, -0.25) is 4.79 Å². The normalized spacial score (nSPS) is 25.2. The van der Waals surface area contributed by atoms with Crippen LogP contribution in [0.15, 0.2) is 24.5 Å². The summed E-state index contributed by atoms with van der Waals surface area (Å²) in [6, 6.07) is 5.80. The molecule has 1 atom stereocenters. The summed E-state index contributed by atoms with van der Waals surface area (Å²) in [7, 11) is 1.96. The Hall–Kier alpha value is -1.88. The molecule has 5 nitrogen and oxygen atoms in total. The molecule has 1 amide bonds. The van der Waals surface area contributed by atoms with Crippen LogP contribution in [-0.2, 0) is 11.8 Å². The highest BCUT2D eigenvalue weighted by Crippen LogP contribution is 2.35. The summed E-state index contributed by atoms with van der Waals surface area (Å²) in [5, 5.41) is 0. The van der Waals surface area contributed by atoms with E-state index in [1.54, 1.807) is 6.33 Å². The third kappa shape index (κ3) is 2.63. The molecule has 2 aliphatic heterocycles. The number of nitrogens with zero attached hydrogens (tertiary/aromatic N) is 3. The molecule has 122 valence electrons. The number of benzene rings is 1. The second kappa shape index (κ2) is 5.64. The van der Waals surface area contributed by atoms with Crippen molar-refractivity contribution in [3.05, 3.63) is 30.1 Å². The van der Waals surface area contributed by atoms with E-state index >= 15 is 0 Å². The van der Waals surface area contributed by atoms with Crippen molar-refractivity contribution in [2.75, 3.05) is 19.7 Å². The molecule has 0 radical (unpaired) electrons. The highest BCUT2D eigenvalue weighted by molar-refractivity contribution is 5.97. The number of aryl methyl sites for hydroxylation is 1. The quantitative estimate of drug-likeness (QED) is 0.813. The van der Waals surface area contributed by atoms with E-state index in [-0.39, 0.29) is 11.5 Å². The van der Waals surface area contributed by atoms with Crippen molar-refractivity contribution in [1.29, 1.82) is 0 Å². The van der Waals surface area contributed by atoms with Crippen molar-refractivity contribution < 1.29 is 9.53 Å². The summed E-state index contributed by atoms with van der Waals surface area (Å²) in [6.07, 6.45) is 7.16. The maximum absolute atomic E-state index is 12.9. The van der Waals surface area contributed by atoms with Crippen LogP contribution in [0.5, 0.6) is 0 Å². The van der Waals surface area contributed by atoms with Crippen LogP contribution in [0.3, 0.4) is 0 Å². The number of likely N-dealkylation sites (tertiary alicyclic amines) is 1. The average molecular weight is 313 g/mol. The van der Waals surface area contributed by atoms with Gasteiger partial charge in [0.2, 0.25) is 0 Å². The van der Waals surface area contributed by atoms with E-state index in [1.807, 2.05) is 34.7 Å². The monoisotopic (exact) mass is 313 g/mol. The predicted octanol–water partition coefficient (Wildman–Crippen LogP) is 2.75. The maximum Gasteiger partial charge on any atom is 0.253 e. The van der Waals surface area contributed by atoms with Crippen molar-refractivity contribution in [1.82, 2.24) is 14.5 Å². The van der Waals surface area contributed by atoms with E-state index in [9.17, 15) is 4.79 Å². The first-order chi connectivity index (χ1) is 11.2. The zero-order valence-corrected chi connectivity index (χ0v) is 13.6. The fraction of sp³-hybridized carbons (Fsp3) is 0.556. The van der Waals surface area contributed by atoms with Crippen LogP contribution in [0.25, 0.3) is 11.0 Å². The summed E-state index contributed by atoms with van der Waals surface area (Å²) >= 11 is 0. The van der Waals surface area contributed by atoms with Crippen LogP contribution in [0.1, 0.15) is 42.5 Å². The van der Waals surface area contributed by atoms with Crippen molar-refractivity contribution >= 4 is 16.9 Å². The van der Waals surface area contributed by atoms with Crippen molar-refractivity contribution in [2.45, 2.75) is 37.7 Å². The highest BCUT2D eigenvalue weighted by Gasteiger charge is 2.37. The summed E-state index contributed by atoms with van der Waals surface area (Å²) in [5.74, 6) is 0.118. The largest absolute Gasteiger partial charge is 0.375 e. The first-order valence-corrected chi connectivity index (χ1v) is 8.51. The zero-order chi connectivity index (χ0) is 15.9. The highest BCUT2D eigenvalue weighted by atomic mass is 16.5. The lowest BCUT2D eigenvalue weighted by molar-refractivity contribution is -0.00691. The number of carbonyl (C=O) groups is 1. The summed E-state index contributed by atoms with van der Waals surface area (Å²) in [6.45, 7) is 2.49. The fourth-order valence-corrected chi connectivity index (χ4v) is 3.97. The minimum Gasteiger partial charge on any atom is -0.375 e. The average Bonchev–Trinajstić information content (AvgIpc) is 3.10. The first-order valence-electron chi connectivity index (χ1n) is 8.51. The smallest absolute Gasteiger partial charge is 0.253 e. The summed E-state index contributed by atoms with van der Waals surface area (Å²) in [5.41, 5.74) is 2.71. The van der Waals surface area contributed by atoms with Gasteiger partial charge in [-0.2, -0.15) is 0 Å². The number of amides is 1. The minimum absolute atomic E-state index is 0.0416. The van der Waals surface area contributed by atoms with Crippen molar-refractivity contribution in [3.63, 3.8) is 0 Å². The number of aromatic nitrogens is 2. The summed E-state index contributed by atoms with van der Waals surface area (Å²) < 4.78 is 7.97. The van der Waals surface area contributed by atoms with E-state index in [0.717, 1.165) is 68.4 Å². The third-order valence-electron chi connectivity index (χ3n) is 5.34. The van der Waals surface area contributed by atoms with Crippen LogP contribution in [0.4, 0.5) is 0 Å². The van der Waals surface area contributed by atoms with E-state index in [0.29, 0.717) is 0 Å². The van der Waals surface area contributed by atoms with E-state index in [2.05, 4.69) is 4.98 Å². The molecule has 1 aromatic carbocycles. The van der Waals surface area contributed by atoms with Crippen LogP contribution < -0.4 is 0 Å². The number of imidazole rings is 1. The van der Waals surface area contributed by atoms with Crippen LogP contribution in [0.2, 0.25) is 0 Å². The van der Waals surface area contributed by atoms with Crippen molar-refractivity contribution in [2.24, 2.45) is 7.05 Å². The topological polar surface area (TPSA) is 47.4 Å². The molecule has 0 N–H and O–H groups in total. The Morgan fingerprint density at radius 1 is 1.22 bits per heavy atom. The molecule has 5 heteroatoms. The lowest BCUT2D eigenvalue weighted by Crippen LogP contribution is -2.34. The lowest BCUT2D eigenvalue weighted by Gasteiger charge is -2.27. The third-order valence-corrected chi connectivity index (χ3v) is 5.34. The molecule has 0 saturated carbocycles. The lowest BCUT2D eigenvalue weighted by atomic mass is 9.92. The molecule has 0 aliphatic carbocycles. The standard InChI is InChI=1S/C18H23N3O2/c1-20-13-19-15-12-14(4-5-16(15)20)17(22)21-9-2-6-18(8-10-21)7-3-11-23-18/h4-5,12-13H,2-3,6-11H2,1H3/t18-/m0/s1.